The number of aromatic nitrogens is 3. The number of ether oxygens (including phenoxy) is 1. The van der Waals surface area contributed by atoms with Crippen molar-refractivity contribution in [2.75, 3.05) is 7.11 Å². The fourth-order valence-electron chi connectivity index (χ4n) is 1.55. The van der Waals surface area contributed by atoms with Gasteiger partial charge in [0.15, 0.2) is 0 Å². The molecule has 0 amide bonds. The fraction of sp³-hybridized carbons (Fsp3) is 0.364. The Bertz CT molecular complexity index is 586. The normalized spacial score (nSPS) is 10.5. The predicted molar refractivity (Wildman–Crippen MR) is 60.1 cm³/mol. The monoisotopic (exact) mass is 235 g/mol. The van der Waals surface area contributed by atoms with E-state index in [9.17, 15) is 4.79 Å². The van der Waals surface area contributed by atoms with Crippen LogP contribution in [0.5, 0.6) is 6.01 Å². The van der Waals surface area contributed by atoms with Crippen LogP contribution in [0.3, 0.4) is 0 Å². The molecule has 0 bridgehead atoms. The van der Waals surface area contributed by atoms with Crippen LogP contribution in [0.1, 0.15) is 17.1 Å². The van der Waals surface area contributed by atoms with Crippen molar-refractivity contribution in [2.24, 2.45) is 0 Å². The first-order valence-corrected chi connectivity index (χ1v) is 5.15. The zero-order valence-corrected chi connectivity index (χ0v) is 9.93. The molecule has 2 aromatic rings. The second-order valence-corrected chi connectivity index (χ2v) is 3.74. The lowest BCUT2D eigenvalue weighted by molar-refractivity contribution is 0.345. The fourth-order valence-corrected chi connectivity index (χ4v) is 1.55. The van der Waals surface area contributed by atoms with Gasteiger partial charge in [-0.1, -0.05) is 5.16 Å². The van der Waals surface area contributed by atoms with Crippen LogP contribution >= 0.6 is 0 Å². The number of hydrogen-bond donors (Lipinski definition) is 0. The van der Waals surface area contributed by atoms with E-state index < -0.39 is 0 Å². The van der Waals surface area contributed by atoms with Gasteiger partial charge in [-0.2, -0.15) is 0 Å². The van der Waals surface area contributed by atoms with Gasteiger partial charge in [-0.3, -0.25) is 9.36 Å². The van der Waals surface area contributed by atoms with Crippen molar-refractivity contribution >= 4 is 0 Å². The molecule has 2 rings (SSSR count). The SMILES string of the molecule is COc1nc(C)cc(=O)n1Cc1cc(C)on1. The molecule has 2 aromatic heterocycles. The number of hydrogen-bond acceptors (Lipinski definition) is 5. The van der Waals surface area contributed by atoms with Crippen molar-refractivity contribution in [1.82, 2.24) is 14.7 Å². The molecule has 0 N–H and O–H groups in total. The number of rotatable bonds is 3. The first kappa shape index (κ1) is 11.4. The van der Waals surface area contributed by atoms with E-state index in [0.717, 1.165) is 0 Å². The van der Waals surface area contributed by atoms with Gasteiger partial charge in [0.1, 0.15) is 11.5 Å². The van der Waals surface area contributed by atoms with Crippen molar-refractivity contribution in [2.45, 2.75) is 20.4 Å². The van der Waals surface area contributed by atoms with Crippen molar-refractivity contribution in [3.63, 3.8) is 0 Å². The average Bonchev–Trinajstić information content (AvgIpc) is 2.67. The molecule has 90 valence electrons. The third kappa shape index (κ3) is 2.35. The number of aryl methyl sites for hydroxylation is 2. The molecule has 0 unspecified atom stereocenters. The molecule has 0 saturated carbocycles. The molecule has 0 aliphatic heterocycles. The lowest BCUT2D eigenvalue weighted by Gasteiger charge is -2.08. The van der Waals surface area contributed by atoms with Crippen LogP contribution in [0.4, 0.5) is 0 Å². The number of nitrogens with zero attached hydrogens (tertiary/aromatic N) is 3. The van der Waals surface area contributed by atoms with Gasteiger partial charge in [-0.05, 0) is 13.8 Å². The second-order valence-electron chi connectivity index (χ2n) is 3.74. The Morgan fingerprint density at radius 2 is 2.18 bits per heavy atom. The summed E-state index contributed by atoms with van der Waals surface area (Å²) in [6.07, 6.45) is 0. The molecule has 0 spiro atoms. The van der Waals surface area contributed by atoms with Gasteiger partial charge in [0.25, 0.3) is 11.6 Å². The molecule has 0 atom stereocenters. The molecule has 0 radical (unpaired) electrons. The van der Waals surface area contributed by atoms with E-state index in [-0.39, 0.29) is 18.1 Å². The molecule has 0 aliphatic rings. The number of methoxy groups -OCH3 is 1. The highest BCUT2D eigenvalue weighted by atomic mass is 16.5. The maximum atomic E-state index is 11.8. The van der Waals surface area contributed by atoms with Gasteiger partial charge in [0, 0.05) is 17.8 Å². The molecule has 2 heterocycles. The third-order valence-corrected chi connectivity index (χ3v) is 2.28. The third-order valence-electron chi connectivity index (χ3n) is 2.28. The molecular weight excluding hydrogens is 222 g/mol. The molecule has 6 heteroatoms. The minimum atomic E-state index is -0.171. The van der Waals surface area contributed by atoms with E-state index >= 15 is 0 Å². The Morgan fingerprint density at radius 1 is 1.41 bits per heavy atom. The molecule has 0 saturated heterocycles. The minimum Gasteiger partial charge on any atom is -0.468 e. The van der Waals surface area contributed by atoms with Crippen LogP contribution < -0.4 is 10.3 Å². The minimum absolute atomic E-state index is 0.171. The Morgan fingerprint density at radius 3 is 2.76 bits per heavy atom. The first-order valence-electron chi connectivity index (χ1n) is 5.15. The van der Waals surface area contributed by atoms with E-state index in [1.807, 2.05) is 0 Å². The van der Waals surface area contributed by atoms with Gasteiger partial charge in [0.2, 0.25) is 0 Å². The largest absolute Gasteiger partial charge is 0.468 e. The maximum absolute atomic E-state index is 11.8. The van der Waals surface area contributed by atoms with Gasteiger partial charge in [-0.25, -0.2) is 4.98 Å². The highest BCUT2D eigenvalue weighted by molar-refractivity contribution is 5.11. The smallest absolute Gasteiger partial charge is 0.299 e. The second kappa shape index (κ2) is 4.40. The van der Waals surface area contributed by atoms with Crippen LogP contribution in [-0.2, 0) is 6.54 Å². The average molecular weight is 235 g/mol. The highest BCUT2D eigenvalue weighted by Gasteiger charge is 2.10. The van der Waals surface area contributed by atoms with Crippen LogP contribution in [0.15, 0.2) is 21.5 Å². The molecule has 6 nitrogen and oxygen atoms in total. The Labute approximate surface area is 97.8 Å². The van der Waals surface area contributed by atoms with E-state index in [2.05, 4.69) is 10.1 Å². The maximum Gasteiger partial charge on any atom is 0.299 e. The summed E-state index contributed by atoms with van der Waals surface area (Å²) in [4.78, 5) is 16.0. The quantitative estimate of drug-likeness (QED) is 0.790. The van der Waals surface area contributed by atoms with Gasteiger partial charge >= 0.3 is 0 Å². The summed E-state index contributed by atoms with van der Waals surface area (Å²) in [6, 6.07) is 3.50. The Hall–Kier alpha value is -2.11. The van der Waals surface area contributed by atoms with Crippen LogP contribution in [0, 0.1) is 13.8 Å². The lowest BCUT2D eigenvalue weighted by Crippen LogP contribution is -2.23. The van der Waals surface area contributed by atoms with Gasteiger partial charge in [-0.15, -0.1) is 0 Å². The van der Waals surface area contributed by atoms with Crippen molar-refractivity contribution in [1.29, 1.82) is 0 Å². The highest BCUT2D eigenvalue weighted by Crippen LogP contribution is 2.08. The first-order chi connectivity index (χ1) is 8.10. The van der Waals surface area contributed by atoms with E-state index in [0.29, 0.717) is 17.1 Å². The zero-order valence-electron chi connectivity index (χ0n) is 9.93. The summed E-state index contributed by atoms with van der Waals surface area (Å²) >= 11 is 0. The molecule has 17 heavy (non-hydrogen) atoms. The van der Waals surface area contributed by atoms with Crippen molar-refractivity contribution < 1.29 is 9.26 Å². The van der Waals surface area contributed by atoms with E-state index in [1.165, 1.54) is 17.7 Å². The molecule has 0 aromatic carbocycles. The Balaban J connectivity index is 2.41. The molecule has 0 aliphatic carbocycles. The summed E-state index contributed by atoms with van der Waals surface area (Å²) in [7, 11) is 1.48. The van der Waals surface area contributed by atoms with Crippen molar-refractivity contribution in [3.05, 3.63) is 39.6 Å². The van der Waals surface area contributed by atoms with Crippen LogP contribution in [0.25, 0.3) is 0 Å². The lowest BCUT2D eigenvalue weighted by atomic mass is 10.3. The van der Waals surface area contributed by atoms with Crippen LogP contribution in [0.2, 0.25) is 0 Å². The summed E-state index contributed by atoms with van der Waals surface area (Å²) in [5, 5.41) is 3.83. The zero-order chi connectivity index (χ0) is 12.4. The summed E-state index contributed by atoms with van der Waals surface area (Å²) < 4.78 is 11.4. The summed E-state index contributed by atoms with van der Waals surface area (Å²) in [6.45, 7) is 3.82. The van der Waals surface area contributed by atoms with Crippen molar-refractivity contribution in [3.8, 4) is 6.01 Å². The standard InChI is InChI=1S/C11H13N3O3/c1-7-4-10(15)14(11(12-7)16-3)6-9-5-8(2)17-13-9/h4-5H,6H2,1-3H3. The summed E-state index contributed by atoms with van der Waals surface area (Å²) in [5.74, 6) is 0.701. The van der Waals surface area contributed by atoms with E-state index in [1.54, 1.807) is 19.9 Å². The summed E-state index contributed by atoms with van der Waals surface area (Å²) in [5.41, 5.74) is 1.11. The van der Waals surface area contributed by atoms with Gasteiger partial charge in [0.05, 0.1) is 13.7 Å². The molecular formula is C11H13N3O3. The van der Waals surface area contributed by atoms with E-state index in [4.69, 9.17) is 9.26 Å². The molecule has 0 fully saturated rings. The predicted octanol–water partition coefficient (Wildman–Crippen LogP) is 0.905. The Kier molecular flexibility index (Phi) is 2.95. The van der Waals surface area contributed by atoms with Crippen LogP contribution in [-0.4, -0.2) is 21.8 Å². The topological polar surface area (TPSA) is 70.2 Å². The van der Waals surface area contributed by atoms with Gasteiger partial charge < -0.3 is 9.26 Å².